The highest BCUT2D eigenvalue weighted by Gasteiger charge is 2.25. The zero-order valence-electron chi connectivity index (χ0n) is 18.4. The number of rotatable bonds is 6. The lowest BCUT2D eigenvalue weighted by Crippen LogP contribution is -2.38. The van der Waals surface area contributed by atoms with Crippen LogP contribution in [0.1, 0.15) is 28.9 Å². The van der Waals surface area contributed by atoms with Crippen molar-refractivity contribution in [2.45, 2.75) is 38.3 Å². The first kappa shape index (κ1) is 22.6. The second kappa shape index (κ2) is 9.14. The van der Waals surface area contributed by atoms with Crippen LogP contribution in [-0.4, -0.2) is 55.8 Å². The number of hydrogen-bond acceptors (Lipinski definition) is 9. The number of aromatic nitrogens is 4. The van der Waals surface area contributed by atoms with Gasteiger partial charge in [0, 0.05) is 41.3 Å². The van der Waals surface area contributed by atoms with Crippen molar-refractivity contribution in [3.05, 3.63) is 50.8 Å². The van der Waals surface area contributed by atoms with Gasteiger partial charge < -0.3 is 9.64 Å². The van der Waals surface area contributed by atoms with Crippen LogP contribution < -0.4 is 4.90 Å². The fourth-order valence-electron chi connectivity index (χ4n) is 3.90. The molecule has 0 saturated heterocycles. The molecule has 0 fully saturated rings. The van der Waals surface area contributed by atoms with Crippen LogP contribution in [0, 0.1) is 24.0 Å². The highest BCUT2D eigenvalue weighted by atomic mass is 32.2. The third kappa shape index (κ3) is 4.51. The minimum atomic E-state index is -0.554. The van der Waals surface area contributed by atoms with Gasteiger partial charge in [-0.05, 0) is 44.6 Å². The number of aryl methyl sites for hydroxylation is 3. The molecular formula is C21H22N6O5S. The topological polar surface area (TPSA) is 133 Å². The molecular weight excluding hydrogens is 448 g/mol. The molecule has 0 radical (unpaired) electrons. The Hall–Kier alpha value is -3.54. The molecule has 2 aromatic heterocycles. The number of esters is 1. The van der Waals surface area contributed by atoms with Gasteiger partial charge in [-0.1, -0.05) is 11.8 Å². The van der Waals surface area contributed by atoms with E-state index < -0.39 is 17.5 Å². The number of non-ortho nitro benzene ring substituents is 1. The van der Waals surface area contributed by atoms with Crippen LogP contribution in [0.25, 0.3) is 5.78 Å². The van der Waals surface area contributed by atoms with Crippen LogP contribution in [0.4, 0.5) is 11.4 Å². The van der Waals surface area contributed by atoms with E-state index in [0.717, 1.165) is 11.3 Å². The Labute approximate surface area is 193 Å². The van der Waals surface area contributed by atoms with E-state index in [0.29, 0.717) is 47.3 Å². The van der Waals surface area contributed by atoms with E-state index in [1.165, 1.54) is 28.8 Å². The SMILES string of the molecule is CSc1nc2nc(C)c(CC(=O)OCC(=O)N3CCCc4cc([N+](=O)[O-])ccc43)c(C)n2n1. The number of thioether (sulfide) groups is 1. The molecule has 11 nitrogen and oxygen atoms in total. The van der Waals surface area contributed by atoms with Crippen molar-refractivity contribution in [2.24, 2.45) is 0 Å². The molecule has 0 N–H and O–H groups in total. The summed E-state index contributed by atoms with van der Waals surface area (Å²) < 4.78 is 6.86. The predicted molar refractivity (Wildman–Crippen MR) is 120 cm³/mol. The smallest absolute Gasteiger partial charge is 0.310 e. The van der Waals surface area contributed by atoms with Crippen molar-refractivity contribution in [2.75, 3.05) is 24.3 Å². The minimum absolute atomic E-state index is 0.0113. The van der Waals surface area contributed by atoms with Gasteiger partial charge in [-0.25, -0.2) is 9.50 Å². The van der Waals surface area contributed by atoms with Crippen LogP contribution in [0.2, 0.25) is 0 Å². The molecule has 1 aliphatic heterocycles. The number of amides is 1. The fourth-order valence-corrected chi connectivity index (χ4v) is 4.24. The molecule has 4 rings (SSSR count). The van der Waals surface area contributed by atoms with E-state index in [4.69, 9.17) is 4.74 Å². The molecule has 3 heterocycles. The summed E-state index contributed by atoms with van der Waals surface area (Å²) in [7, 11) is 0. The van der Waals surface area contributed by atoms with Gasteiger partial charge in [0.1, 0.15) is 0 Å². The third-order valence-electron chi connectivity index (χ3n) is 5.58. The Bertz CT molecular complexity index is 1270. The van der Waals surface area contributed by atoms with Crippen molar-refractivity contribution in [1.82, 2.24) is 19.6 Å². The number of nitro groups is 1. The number of carbonyl (C=O) groups is 2. The van der Waals surface area contributed by atoms with Gasteiger partial charge >= 0.3 is 5.97 Å². The molecule has 3 aromatic rings. The molecule has 12 heteroatoms. The van der Waals surface area contributed by atoms with E-state index in [9.17, 15) is 19.7 Å². The maximum Gasteiger partial charge on any atom is 0.310 e. The highest BCUT2D eigenvalue weighted by Crippen LogP contribution is 2.30. The van der Waals surface area contributed by atoms with E-state index in [2.05, 4.69) is 15.1 Å². The summed E-state index contributed by atoms with van der Waals surface area (Å²) in [5.74, 6) is -0.464. The lowest BCUT2D eigenvalue weighted by Gasteiger charge is -2.29. The number of benzene rings is 1. The van der Waals surface area contributed by atoms with E-state index in [1.807, 2.05) is 13.2 Å². The number of fused-ring (bicyclic) bond motifs is 2. The molecule has 1 aromatic carbocycles. The number of ether oxygens (including phenoxy) is 1. The second-order valence-electron chi connectivity index (χ2n) is 7.63. The van der Waals surface area contributed by atoms with Crippen LogP contribution in [0.15, 0.2) is 23.4 Å². The third-order valence-corrected chi connectivity index (χ3v) is 6.12. The molecule has 0 aliphatic carbocycles. The summed E-state index contributed by atoms with van der Waals surface area (Å²) in [5, 5.41) is 16.0. The first-order valence-electron chi connectivity index (χ1n) is 10.3. The van der Waals surface area contributed by atoms with Crippen molar-refractivity contribution in [1.29, 1.82) is 0 Å². The summed E-state index contributed by atoms with van der Waals surface area (Å²) in [6, 6.07) is 4.43. The predicted octanol–water partition coefficient (Wildman–Crippen LogP) is 2.44. The lowest BCUT2D eigenvalue weighted by atomic mass is 10.0. The number of hydrogen-bond donors (Lipinski definition) is 0. The maximum absolute atomic E-state index is 12.8. The monoisotopic (exact) mass is 470 g/mol. The maximum atomic E-state index is 12.8. The largest absolute Gasteiger partial charge is 0.455 e. The average Bonchev–Trinajstić information content (AvgIpc) is 3.22. The molecule has 0 bridgehead atoms. The van der Waals surface area contributed by atoms with Crippen LogP contribution in [0.5, 0.6) is 0 Å². The van der Waals surface area contributed by atoms with Gasteiger partial charge in [0.25, 0.3) is 17.4 Å². The van der Waals surface area contributed by atoms with Gasteiger partial charge in [-0.2, -0.15) is 4.98 Å². The van der Waals surface area contributed by atoms with Gasteiger partial charge in [-0.3, -0.25) is 19.7 Å². The lowest BCUT2D eigenvalue weighted by molar-refractivity contribution is -0.384. The molecule has 172 valence electrons. The highest BCUT2D eigenvalue weighted by molar-refractivity contribution is 7.98. The second-order valence-corrected chi connectivity index (χ2v) is 8.40. The molecule has 0 unspecified atom stereocenters. The Balaban J connectivity index is 1.44. The summed E-state index contributed by atoms with van der Waals surface area (Å²) in [6.45, 7) is 3.67. The first-order valence-corrected chi connectivity index (χ1v) is 11.5. The van der Waals surface area contributed by atoms with Crippen molar-refractivity contribution in [3.63, 3.8) is 0 Å². The zero-order valence-corrected chi connectivity index (χ0v) is 19.2. The summed E-state index contributed by atoms with van der Waals surface area (Å²) in [6.07, 6.45) is 3.14. The van der Waals surface area contributed by atoms with Gasteiger partial charge in [0.2, 0.25) is 5.16 Å². The van der Waals surface area contributed by atoms with E-state index >= 15 is 0 Å². The molecule has 0 atom stereocenters. The van der Waals surface area contributed by atoms with Gasteiger partial charge in [-0.15, -0.1) is 5.10 Å². The van der Waals surface area contributed by atoms with Crippen molar-refractivity contribution >= 4 is 40.8 Å². The first-order chi connectivity index (χ1) is 15.8. The van der Waals surface area contributed by atoms with Gasteiger partial charge in [0.05, 0.1) is 11.3 Å². The Morgan fingerprint density at radius 2 is 2.06 bits per heavy atom. The number of carbonyl (C=O) groups excluding carboxylic acids is 2. The summed E-state index contributed by atoms with van der Waals surface area (Å²) in [4.78, 5) is 46.1. The van der Waals surface area contributed by atoms with Crippen molar-refractivity contribution < 1.29 is 19.2 Å². The van der Waals surface area contributed by atoms with Crippen LogP contribution >= 0.6 is 11.8 Å². The zero-order chi connectivity index (χ0) is 23.7. The van der Waals surface area contributed by atoms with E-state index in [1.54, 1.807) is 17.5 Å². The normalized spacial score (nSPS) is 13.1. The quantitative estimate of drug-likeness (QED) is 0.230. The summed E-state index contributed by atoms with van der Waals surface area (Å²) in [5.41, 5.74) is 3.40. The molecule has 33 heavy (non-hydrogen) atoms. The summed E-state index contributed by atoms with van der Waals surface area (Å²) >= 11 is 1.40. The molecule has 0 spiro atoms. The van der Waals surface area contributed by atoms with Crippen LogP contribution in [0.3, 0.4) is 0 Å². The number of nitrogens with zero attached hydrogens (tertiary/aromatic N) is 6. The average molecular weight is 471 g/mol. The fraction of sp³-hybridized carbons (Fsp3) is 0.381. The Morgan fingerprint density at radius 1 is 1.27 bits per heavy atom. The number of nitro benzene ring substituents is 1. The molecule has 1 aliphatic rings. The van der Waals surface area contributed by atoms with E-state index in [-0.39, 0.29) is 18.0 Å². The molecule has 1 amide bonds. The van der Waals surface area contributed by atoms with Gasteiger partial charge in [0.15, 0.2) is 6.61 Å². The Morgan fingerprint density at radius 3 is 2.79 bits per heavy atom. The standard InChI is InChI=1S/C21H22N6O5S/c1-12-16(13(2)26-20(22-12)23-21(24-26)33-3)10-19(29)32-11-18(28)25-8-4-5-14-9-15(27(30)31)6-7-17(14)25/h6-7,9H,4-5,8,10-11H2,1-3H3. The van der Waals surface area contributed by atoms with Crippen molar-refractivity contribution in [3.8, 4) is 0 Å². The number of anilines is 1. The van der Waals surface area contributed by atoms with Crippen LogP contribution in [-0.2, 0) is 27.2 Å². The molecule has 0 saturated carbocycles. The minimum Gasteiger partial charge on any atom is -0.455 e. The Kier molecular flexibility index (Phi) is 6.27.